The average Bonchev–Trinajstić information content (AvgIpc) is 2.38. The molecule has 0 amide bonds. The lowest BCUT2D eigenvalue weighted by atomic mass is 9.68. The minimum absolute atomic E-state index is 0.495. The van der Waals surface area contributed by atoms with Crippen LogP contribution in [0.15, 0.2) is 12.2 Å². The molecule has 1 aliphatic rings. The summed E-state index contributed by atoms with van der Waals surface area (Å²) < 4.78 is 0. The fourth-order valence-corrected chi connectivity index (χ4v) is 3.62. The molecule has 1 nitrogen and oxygen atoms in total. The van der Waals surface area contributed by atoms with Crippen LogP contribution in [0.1, 0.15) is 79.6 Å². The number of nitrogens with one attached hydrogen (secondary N) is 1. The summed E-state index contributed by atoms with van der Waals surface area (Å²) in [5.74, 6) is 1.81. The molecule has 1 unspecified atom stereocenters. The Labute approximate surface area is 127 Å². The smallest absolute Gasteiger partial charge is 0.00983 e. The molecule has 1 N–H and O–H groups in total. The lowest BCUT2D eigenvalue weighted by molar-refractivity contribution is 0.130. The third-order valence-corrected chi connectivity index (χ3v) is 5.10. The van der Waals surface area contributed by atoms with Crippen molar-refractivity contribution in [1.82, 2.24) is 5.32 Å². The standard InChI is InChI=1S/C19H37N/c1-7-14-20-18(13-8-15(2)3)16-9-11-17(12-10-16)19(4,5)6/h16-18,20H,2,7-14H2,1,3-6H3. The molecule has 0 bridgehead atoms. The Balaban J connectivity index is 2.49. The Kier molecular flexibility index (Phi) is 7.29. The Bertz CT molecular complexity index is 279. The molecular formula is C19H37N. The van der Waals surface area contributed by atoms with Crippen molar-refractivity contribution in [2.24, 2.45) is 17.3 Å². The number of rotatable bonds is 7. The molecule has 1 aliphatic carbocycles. The van der Waals surface area contributed by atoms with Crippen LogP contribution in [0.5, 0.6) is 0 Å². The molecule has 1 atom stereocenters. The molecule has 0 aromatic heterocycles. The van der Waals surface area contributed by atoms with Crippen LogP contribution in [0.4, 0.5) is 0 Å². The first-order valence-corrected chi connectivity index (χ1v) is 8.72. The van der Waals surface area contributed by atoms with Gasteiger partial charge >= 0.3 is 0 Å². The molecule has 20 heavy (non-hydrogen) atoms. The molecule has 0 aromatic rings. The summed E-state index contributed by atoms with van der Waals surface area (Å²) in [6.07, 6.45) is 9.37. The van der Waals surface area contributed by atoms with Gasteiger partial charge in [0.05, 0.1) is 0 Å². The van der Waals surface area contributed by atoms with E-state index in [1.165, 1.54) is 57.1 Å². The summed E-state index contributed by atoms with van der Waals surface area (Å²) in [4.78, 5) is 0. The van der Waals surface area contributed by atoms with Crippen molar-refractivity contribution < 1.29 is 0 Å². The van der Waals surface area contributed by atoms with E-state index in [0.29, 0.717) is 11.5 Å². The summed E-state index contributed by atoms with van der Waals surface area (Å²) in [5.41, 5.74) is 1.83. The van der Waals surface area contributed by atoms with Crippen molar-refractivity contribution in [1.29, 1.82) is 0 Å². The molecule has 1 saturated carbocycles. The minimum Gasteiger partial charge on any atom is -0.314 e. The van der Waals surface area contributed by atoms with Gasteiger partial charge in [-0.2, -0.15) is 0 Å². The monoisotopic (exact) mass is 279 g/mol. The highest BCUT2D eigenvalue weighted by Gasteiger charge is 2.32. The van der Waals surface area contributed by atoms with Gasteiger partial charge in [0.25, 0.3) is 0 Å². The Morgan fingerprint density at radius 2 is 1.80 bits per heavy atom. The summed E-state index contributed by atoms with van der Waals surface area (Å²) >= 11 is 0. The predicted molar refractivity (Wildman–Crippen MR) is 91.0 cm³/mol. The van der Waals surface area contributed by atoms with Crippen molar-refractivity contribution in [3.8, 4) is 0 Å². The van der Waals surface area contributed by atoms with E-state index < -0.39 is 0 Å². The predicted octanol–water partition coefficient (Wildman–Crippen LogP) is 5.56. The van der Waals surface area contributed by atoms with Crippen LogP contribution in [0.25, 0.3) is 0 Å². The average molecular weight is 280 g/mol. The van der Waals surface area contributed by atoms with Gasteiger partial charge in [-0.25, -0.2) is 0 Å². The Hall–Kier alpha value is -0.300. The van der Waals surface area contributed by atoms with Gasteiger partial charge in [0.1, 0.15) is 0 Å². The van der Waals surface area contributed by atoms with Crippen LogP contribution in [-0.2, 0) is 0 Å². The molecule has 0 aliphatic heterocycles. The van der Waals surface area contributed by atoms with Gasteiger partial charge in [-0.1, -0.05) is 33.3 Å². The SMILES string of the molecule is C=C(C)CCC(NCCC)C1CCC(C(C)(C)C)CC1. The zero-order chi connectivity index (χ0) is 15.2. The second-order valence-electron chi connectivity index (χ2n) is 8.03. The topological polar surface area (TPSA) is 12.0 Å². The van der Waals surface area contributed by atoms with E-state index >= 15 is 0 Å². The van der Waals surface area contributed by atoms with Crippen LogP contribution >= 0.6 is 0 Å². The third kappa shape index (κ3) is 5.99. The zero-order valence-electron chi connectivity index (χ0n) is 14.6. The largest absolute Gasteiger partial charge is 0.314 e. The first-order valence-electron chi connectivity index (χ1n) is 8.72. The van der Waals surface area contributed by atoms with Crippen LogP contribution in [0.2, 0.25) is 0 Å². The van der Waals surface area contributed by atoms with Gasteiger partial charge in [0, 0.05) is 6.04 Å². The molecule has 1 fully saturated rings. The van der Waals surface area contributed by atoms with Gasteiger partial charge in [-0.15, -0.1) is 6.58 Å². The number of allylic oxidation sites excluding steroid dienone is 1. The van der Waals surface area contributed by atoms with Gasteiger partial charge < -0.3 is 5.32 Å². The molecule has 0 aromatic carbocycles. The second kappa shape index (κ2) is 8.22. The molecule has 1 rings (SSSR count). The van der Waals surface area contributed by atoms with Crippen molar-refractivity contribution >= 4 is 0 Å². The molecule has 1 heteroatoms. The molecule has 0 saturated heterocycles. The van der Waals surface area contributed by atoms with Crippen molar-refractivity contribution in [3.05, 3.63) is 12.2 Å². The summed E-state index contributed by atoms with van der Waals surface area (Å²) in [6.45, 7) is 16.9. The van der Waals surface area contributed by atoms with Crippen molar-refractivity contribution in [3.63, 3.8) is 0 Å². The fraction of sp³-hybridized carbons (Fsp3) is 0.895. The van der Waals surface area contributed by atoms with E-state index in [9.17, 15) is 0 Å². The maximum absolute atomic E-state index is 4.07. The molecule has 0 radical (unpaired) electrons. The first kappa shape index (κ1) is 17.8. The maximum atomic E-state index is 4.07. The Morgan fingerprint density at radius 1 is 1.20 bits per heavy atom. The van der Waals surface area contributed by atoms with E-state index in [2.05, 4.69) is 46.5 Å². The van der Waals surface area contributed by atoms with Crippen molar-refractivity contribution in [2.75, 3.05) is 6.54 Å². The second-order valence-corrected chi connectivity index (χ2v) is 8.03. The Morgan fingerprint density at radius 3 is 2.25 bits per heavy atom. The quantitative estimate of drug-likeness (QED) is 0.601. The summed E-state index contributed by atoms with van der Waals surface area (Å²) in [6, 6.07) is 0.715. The molecule has 0 heterocycles. The summed E-state index contributed by atoms with van der Waals surface area (Å²) in [7, 11) is 0. The number of hydrogen-bond acceptors (Lipinski definition) is 1. The maximum Gasteiger partial charge on any atom is 0.00983 e. The molecular weight excluding hydrogens is 242 g/mol. The first-order chi connectivity index (χ1) is 9.34. The van der Waals surface area contributed by atoms with Crippen LogP contribution in [0.3, 0.4) is 0 Å². The zero-order valence-corrected chi connectivity index (χ0v) is 14.6. The van der Waals surface area contributed by atoms with Gasteiger partial charge in [-0.05, 0) is 75.7 Å². The highest BCUT2D eigenvalue weighted by molar-refractivity contribution is 4.92. The van der Waals surface area contributed by atoms with Gasteiger partial charge in [0.15, 0.2) is 0 Å². The van der Waals surface area contributed by atoms with Gasteiger partial charge in [0.2, 0.25) is 0 Å². The lowest BCUT2D eigenvalue weighted by Gasteiger charge is -2.40. The molecule has 0 spiro atoms. The van der Waals surface area contributed by atoms with Crippen LogP contribution < -0.4 is 5.32 Å². The highest BCUT2D eigenvalue weighted by Crippen LogP contribution is 2.41. The van der Waals surface area contributed by atoms with E-state index in [4.69, 9.17) is 0 Å². The number of hydrogen-bond donors (Lipinski definition) is 1. The van der Waals surface area contributed by atoms with Crippen LogP contribution in [-0.4, -0.2) is 12.6 Å². The minimum atomic E-state index is 0.495. The van der Waals surface area contributed by atoms with E-state index in [-0.39, 0.29) is 0 Å². The highest BCUT2D eigenvalue weighted by atomic mass is 14.9. The fourth-order valence-electron chi connectivity index (χ4n) is 3.62. The third-order valence-electron chi connectivity index (χ3n) is 5.10. The normalized spacial score (nSPS) is 25.4. The summed E-state index contributed by atoms with van der Waals surface area (Å²) in [5, 5.41) is 3.81. The van der Waals surface area contributed by atoms with E-state index in [1.54, 1.807) is 0 Å². The lowest BCUT2D eigenvalue weighted by Crippen LogP contribution is -2.39. The van der Waals surface area contributed by atoms with Gasteiger partial charge in [-0.3, -0.25) is 0 Å². The van der Waals surface area contributed by atoms with Crippen molar-refractivity contribution in [2.45, 2.75) is 85.6 Å². The van der Waals surface area contributed by atoms with E-state index in [0.717, 1.165) is 11.8 Å². The van der Waals surface area contributed by atoms with E-state index in [1.807, 2.05) is 0 Å². The van der Waals surface area contributed by atoms with Crippen LogP contribution in [0, 0.1) is 17.3 Å². The molecule has 118 valence electrons.